The number of hydrogen-bond donors (Lipinski definition) is 2. The minimum Gasteiger partial charge on any atom is -0.355 e. The summed E-state index contributed by atoms with van der Waals surface area (Å²) >= 11 is 7.34. The van der Waals surface area contributed by atoms with E-state index in [0.29, 0.717) is 30.4 Å². The van der Waals surface area contributed by atoms with Crippen molar-refractivity contribution in [2.45, 2.75) is 17.7 Å². The third-order valence-electron chi connectivity index (χ3n) is 3.76. The lowest BCUT2D eigenvalue weighted by Gasteiger charge is -2.32. The van der Waals surface area contributed by atoms with Crippen LogP contribution in [0.25, 0.3) is 0 Å². The first-order chi connectivity index (χ1) is 11.1. The number of carbonyl (C=O) groups excluding carboxylic acids is 2. The second-order valence-electron chi connectivity index (χ2n) is 5.50. The summed E-state index contributed by atoms with van der Waals surface area (Å²) in [7, 11) is 0. The van der Waals surface area contributed by atoms with Gasteiger partial charge in [0.05, 0.1) is 11.7 Å². The van der Waals surface area contributed by atoms with Gasteiger partial charge in [0, 0.05) is 36.1 Å². The topological polar surface area (TPSA) is 75.4 Å². The quantitative estimate of drug-likeness (QED) is 0.762. The Kier molecular flexibility index (Phi) is 7.20. The van der Waals surface area contributed by atoms with E-state index in [1.165, 1.54) is 11.8 Å². The predicted molar refractivity (Wildman–Crippen MR) is 93.5 cm³/mol. The van der Waals surface area contributed by atoms with Crippen molar-refractivity contribution < 1.29 is 9.59 Å². The minimum absolute atomic E-state index is 0.00157. The van der Waals surface area contributed by atoms with Crippen molar-refractivity contribution in [1.82, 2.24) is 10.2 Å². The summed E-state index contributed by atoms with van der Waals surface area (Å²) in [5, 5.41) is 3.49. The molecule has 1 aromatic carbocycles. The lowest BCUT2D eigenvalue weighted by Crippen LogP contribution is -2.46. The van der Waals surface area contributed by atoms with Crippen LogP contribution in [0.5, 0.6) is 0 Å². The molecule has 7 heteroatoms. The van der Waals surface area contributed by atoms with E-state index in [1.807, 2.05) is 24.3 Å². The first-order valence-electron chi connectivity index (χ1n) is 7.74. The number of thioether (sulfide) groups is 1. The summed E-state index contributed by atoms with van der Waals surface area (Å²) in [6.07, 6.45) is 1.68. The Labute approximate surface area is 145 Å². The molecule has 1 fully saturated rings. The van der Waals surface area contributed by atoms with Crippen LogP contribution in [0.2, 0.25) is 5.02 Å². The molecule has 0 radical (unpaired) electrons. The minimum atomic E-state index is -0.125. The van der Waals surface area contributed by atoms with Gasteiger partial charge in [-0.25, -0.2) is 0 Å². The highest BCUT2D eigenvalue weighted by Crippen LogP contribution is 2.22. The number of piperidine rings is 1. The zero-order valence-electron chi connectivity index (χ0n) is 13.0. The Balaban J connectivity index is 1.81. The maximum Gasteiger partial charge on any atom is 0.232 e. The number of halogens is 1. The van der Waals surface area contributed by atoms with Gasteiger partial charge >= 0.3 is 0 Å². The zero-order chi connectivity index (χ0) is 16.7. The molecule has 1 aromatic rings. The maximum absolute atomic E-state index is 12.3. The summed E-state index contributed by atoms with van der Waals surface area (Å²) in [6.45, 7) is 2.13. The SMILES string of the molecule is NCCNC(=O)C1CCCN(C(=O)CSc2ccc(Cl)cc2)C1. The molecule has 1 atom stereocenters. The van der Waals surface area contributed by atoms with Gasteiger partial charge in [0.1, 0.15) is 0 Å². The second kappa shape index (κ2) is 9.15. The van der Waals surface area contributed by atoms with Crippen LogP contribution in [0.15, 0.2) is 29.2 Å². The van der Waals surface area contributed by atoms with Crippen LogP contribution >= 0.6 is 23.4 Å². The Bertz CT molecular complexity index is 539. The van der Waals surface area contributed by atoms with E-state index < -0.39 is 0 Å². The zero-order valence-corrected chi connectivity index (χ0v) is 14.5. The van der Waals surface area contributed by atoms with Crippen molar-refractivity contribution in [3.8, 4) is 0 Å². The van der Waals surface area contributed by atoms with Gasteiger partial charge < -0.3 is 16.0 Å². The summed E-state index contributed by atoms with van der Waals surface area (Å²) in [5.74, 6) is 0.318. The average Bonchev–Trinajstić information content (AvgIpc) is 2.59. The van der Waals surface area contributed by atoms with E-state index >= 15 is 0 Å². The normalized spacial score (nSPS) is 17.8. The number of carbonyl (C=O) groups is 2. The number of likely N-dealkylation sites (tertiary alicyclic amines) is 1. The number of nitrogens with two attached hydrogens (primary N) is 1. The van der Waals surface area contributed by atoms with E-state index in [-0.39, 0.29) is 17.7 Å². The van der Waals surface area contributed by atoms with E-state index in [0.717, 1.165) is 24.3 Å². The molecule has 2 rings (SSSR count). The highest BCUT2D eigenvalue weighted by molar-refractivity contribution is 8.00. The Morgan fingerprint density at radius 2 is 2.09 bits per heavy atom. The number of amides is 2. The molecule has 0 spiro atoms. The lowest BCUT2D eigenvalue weighted by atomic mass is 9.97. The third kappa shape index (κ3) is 5.71. The Morgan fingerprint density at radius 3 is 2.78 bits per heavy atom. The summed E-state index contributed by atoms with van der Waals surface area (Å²) in [5.41, 5.74) is 5.40. The molecule has 0 aliphatic carbocycles. The highest BCUT2D eigenvalue weighted by Gasteiger charge is 2.27. The average molecular weight is 356 g/mol. The van der Waals surface area contributed by atoms with E-state index in [1.54, 1.807) is 4.90 Å². The molecule has 1 aliphatic rings. The van der Waals surface area contributed by atoms with Crippen LogP contribution in [-0.2, 0) is 9.59 Å². The molecule has 1 heterocycles. The van der Waals surface area contributed by atoms with Gasteiger partial charge in [-0.2, -0.15) is 0 Å². The van der Waals surface area contributed by atoms with Crippen LogP contribution in [-0.4, -0.2) is 48.6 Å². The molecule has 3 N–H and O–H groups in total. The molecule has 23 heavy (non-hydrogen) atoms. The molecule has 2 amide bonds. The summed E-state index contributed by atoms with van der Waals surface area (Å²) in [6, 6.07) is 7.43. The van der Waals surface area contributed by atoms with Gasteiger partial charge in [0.25, 0.3) is 0 Å². The van der Waals surface area contributed by atoms with Gasteiger partial charge in [-0.3, -0.25) is 9.59 Å². The van der Waals surface area contributed by atoms with E-state index in [4.69, 9.17) is 17.3 Å². The molecule has 1 aliphatic heterocycles. The fourth-order valence-electron chi connectivity index (χ4n) is 2.52. The lowest BCUT2D eigenvalue weighted by molar-refractivity contribution is -0.133. The first-order valence-corrected chi connectivity index (χ1v) is 9.10. The molecule has 0 bridgehead atoms. The Morgan fingerprint density at radius 1 is 1.35 bits per heavy atom. The van der Waals surface area contributed by atoms with Crippen LogP contribution in [0, 0.1) is 5.92 Å². The molecule has 126 valence electrons. The molecular weight excluding hydrogens is 334 g/mol. The van der Waals surface area contributed by atoms with Crippen LogP contribution in [0.3, 0.4) is 0 Å². The monoisotopic (exact) mass is 355 g/mol. The van der Waals surface area contributed by atoms with Gasteiger partial charge in [-0.15, -0.1) is 11.8 Å². The van der Waals surface area contributed by atoms with Crippen molar-refractivity contribution in [3.05, 3.63) is 29.3 Å². The molecule has 1 saturated heterocycles. The predicted octanol–water partition coefficient (Wildman–Crippen LogP) is 1.75. The largest absolute Gasteiger partial charge is 0.355 e. The first kappa shape index (κ1) is 18.1. The van der Waals surface area contributed by atoms with Gasteiger partial charge in [0.2, 0.25) is 11.8 Å². The van der Waals surface area contributed by atoms with Crippen LogP contribution in [0.1, 0.15) is 12.8 Å². The molecular formula is C16H22ClN3O2S. The second-order valence-corrected chi connectivity index (χ2v) is 6.99. The molecule has 0 aromatic heterocycles. The number of nitrogens with zero attached hydrogens (tertiary/aromatic N) is 1. The van der Waals surface area contributed by atoms with Gasteiger partial charge in [-0.1, -0.05) is 11.6 Å². The Hall–Kier alpha value is -1.24. The summed E-state index contributed by atoms with van der Waals surface area (Å²) < 4.78 is 0. The van der Waals surface area contributed by atoms with Gasteiger partial charge in [0.15, 0.2) is 0 Å². The molecule has 0 saturated carbocycles. The van der Waals surface area contributed by atoms with Crippen molar-refractivity contribution in [1.29, 1.82) is 0 Å². The number of nitrogens with one attached hydrogen (secondary N) is 1. The van der Waals surface area contributed by atoms with Crippen molar-refractivity contribution in [2.24, 2.45) is 11.7 Å². The maximum atomic E-state index is 12.3. The van der Waals surface area contributed by atoms with E-state index in [2.05, 4.69) is 5.32 Å². The van der Waals surface area contributed by atoms with Crippen LogP contribution < -0.4 is 11.1 Å². The number of rotatable bonds is 6. The fraction of sp³-hybridized carbons (Fsp3) is 0.500. The van der Waals surface area contributed by atoms with Crippen LogP contribution in [0.4, 0.5) is 0 Å². The number of hydrogen-bond acceptors (Lipinski definition) is 4. The third-order valence-corrected chi connectivity index (χ3v) is 5.01. The summed E-state index contributed by atoms with van der Waals surface area (Å²) in [4.78, 5) is 27.2. The fourth-order valence-corrected chi connectivity index (χ4v) is 3.45. The van der Waals surface area contributed by atoms with Gasteiger partial charge in [-0.05, 0) is 37.1 Å². The van der Waals surface area contributed by atoms with Crippen molar-refractivity contribution >= 4 is 35.2 Å². The molecule has 1 unspecified atom stereocenters. The number of benzene rings is 1. The standard InChI is InChI=1S/C16H22ClN3O2S/c17-13-3-5-14(6-4-13)23-11-15(21)20-9-1-2-12(10-20)16(22)19-8-7-18/h3-6,12H,1-2,7-11,18H2,(H,19,22). The highest BCUT2D eigenvalue weighted by atomic mass is 35.5. The van der Waals surface area contributed by atoms with Crippen molar-refractivity contribution in [2.75, 3.05) is 31.9 Å². The van der Waals surface area contributed by atoms with Crippen molar-refractivity contribution in [3.63, 3.8) is 0 Å². The van der Waals surface area contributed by atoms with E-state index in [9.17, 15) is 9.59 Å². The smallest absolute Gasteiger partial charge is 0.232 e. The molecule has 5 nitrogen and oxygen atoms in total.